The minimum Gasteiger partial charge on any atom is -0.377 e. The van der Waals surface area contributed by atoms with Crippen molar-refractivity contribution in [1.29, 1.82) is 0 Å². The number of methoxy groups -OCH3 is 1. The average molecular weight is 304 g/mol. The molecule has 0 radical (unpaired) electrons. The number of ether oxygens (including phenoxy) is 1. The molecule has 1 atom stereocenters. The highest BCUT2D eigenvalue weighted by atomic mass is 79.9. The van der Waals surface area contributed by atoms with Crippen LogP contribution in [0, 0.1) is 0 Å². The van der Waals surface area contributed by atoms with Crippen molar-refractivity contribution < 1.29 is 4.74 Å². The Bertz CT molecular complexity index is 343. The van der Waals surface area contributed by atoms with Crippen molar-refractivity contribution in [3.63, 3.8) is 0 Å². The maximum atomic E-state index is 5.60. The lowest BCUT2D eigenvalue weighted by molar-refractivity contribution is -0.0706. The van der Waals surface area contributed by atoms with Gasteiger partial charge in [0.05, 0.1) is 9.39 Å². The quantitative estimate of drug-likeness (QED) is 0.895. The molecule has 1 aromatic heterocycles. The van der Waals surface area contributed by atoms with E-state index < -0.39 is 0 Å². The van der Waals surface area contributed by atoms with Crippen molar-refractivity contribution in [3.05, 3.63) is 20.8 Å². The Morgan fingerprint density at radius 3 is 2.75 bits per heavy atom. The molecule has 1 unspecified atom stereocenters. The fraction of sp³-hybridized carbons (Fsp3) is 0.667. The van der Waals surface area contributed by atoms with Gasteiger partial charge in [-0.25, -0.2) is 0 Å². The van der Waals surface area contributed by atoms with Gasteiger partial charge in [-0.3, -0.25) is 0 Å². The van der Waals surface area contributed by atoms with Crippen LogP contribution in [0.1, 0.15) is 37.1 Å². The van der Waals surface area contributed by atoms with Gasteiger partial charge in [-0.15, -0.1) is 11.3 Å². The highest BCUT2D eigenvalue weighted by Crippen LogP contribution is 2.35. The number of nitrogens with one attached hydrogen (secondary N) is 1. The standard InChI is InChI=1S/C12H18BrNOS/c1-9(10-4-5-11(13)16-10)14-8-12(15-2)6-3-7-12/h4-5,9,14H,3,6-8H2,1-2H3. The number of hydrogen-bond acceptors (Lipinski definition) is 3. The van der Waals surface area contributed by atoms with Crippen LogP contribution in [-0.4, -0.2) is 19.3 Å². The summed E-state index contributed by atoms with van der Waals surface area (Å²) in [6, 6.07) is 4.68. The van der Waals surface area contributed by atoms with Crippen LogP contribution in [0.5, 0.6) is 0 Å². The summed E-state index contributed by atoms with van der Waals surface area (Å²) in [7, 11) is 1.83. The van der Waals surface area contributed by atoms with Crippen molar-refractivity contribution in [2.75, 3.05) is 13.7 Å². The van der Waals surface area contributed by atoms with E-state index in [2.05, 4.69) is 40.3 Å². The van der Waals surface area contributed by atoms with Crippen LogP contribution in [0.25, 0.3) is 0 Å². The molecule has 90 valence electrons. The summed E-state index contributed by atoms with van der Waals surface area (Å²) >= 11 is 5.29. The SMILES string of the molecule is COC1(CNC(C)c2ccc(Br)s2)CCC1. The molecule has 0 bridgehead atoms. The molecule has 1 fully saturated rings. The zero-order valence-corrected chi connectivity index (χ0v) is 12.2. The van der Waals surface area contributed by atoms with E-state index in [0.29, 0.717) is 6.04 Å². The molecule has 16 heavy (non-hydrogen) atoms. The predicted molar refractivity (Wildman–Crippen MR) is 72.0 cm³/mol. The number of rotatable bonds is 5. The summed E-state index contributed by atoms with van der Waals surface area (Å²) in [5.41, 5.74) is 0.114. The predicted octanol–water partition coefficient (Wildman–Crippen LogP) is 3.73. The Labute approximate surface area is 110 Å². The van der Waals surface area contributed by atoms with Crippen LogP contribution < -0.4 is 5.32 Å². The van der Waals surface area contributed by atoms with E-state index in [1.165, 1.54) is 27.9 Å². The zero-order chi connectivity index (χ0) is 11.6. The summed E-state index contributed by atoms with van der Waals surface area (Å²) in [6.45, 7) is 3.17. The lowest BCUT2D eigenvalue weighted by atomic mass is 9.80. The molecule has 0 saturated heterocycles. The van der Waals surface area contributed by atoms with Crippen LogP contribution in [0.2, 0.25) is 0 Å². The van der Waals surface area contributed by atoms with E-state index in [0.717, 1.165) is 6.54 Å². The van der Waals surface area contributed by atoms with Crippen molar-refractivity contribution >= 4 is 27.3 Å². The third-order valence-electron chi connectivity index (χ3n) is 3.45. The minimum absolute atomic E-state index is 0.114. The zero-order valence-electron chi connectivity index (χ0n) is 9.75. The molecule has 0 amide bonds. The van der Waals surface area contributed by atoms with Crippen molar-refractivity contribution in [3.8, 4) is 0 Å². The van der Waals surface area contributed by atoms with Gasteiger partial charge in [0, 0.05) is 24.6 Å². The lowest BCUT2D eigenvalue weighted by Crippen LogP contribution is -2.48. The number of halogens is 1. The molecule has 1 aromatic rings. The molecular weight excluding hydrogens is 286 g/mol. The van der Waals surface area contributed by atoms with Crippen LogP contribution in [0.15, 0.2) is 15.9 Å². The van der Waals surface area contributed by atoms with E-state index in [-0.39, 0.29) is 5.60 Å². The Balaban J connectivity index is 1.86. The highest BCUT2D eigenvalue weighted by Gasteiger charge is 2.36. The third kappa shape index (κ3) is 2.67. The fourth-order valence-corrected chi connectivity index (χ4v) is 3.48. The van der Waals surface area contributed by atoms with Crippen molar-refractivity contribution in [1.82, 2.24) is 5.32 Å². The second kappa shape index (κ2) is 5.17. The monoisotopic (exact) mass is 303 g/mol. The summed E-state index contributed by atoms with van der Waals surface area (Å²) in [5.74, 6) is 0. The Morgan fingerprint density at radius 2 is 2.31 bits per heavy atom. The first kappa shape index (κ1) is 12.6. The lowest BCUT2D eigenvalue weighted by Gasteiger charge is -2.41. The molecule has 1 heterocycles. The topological polar surface area (TPSA) is 21.3 Å². The summed E-state index contributed by atoms with van der Waals surface area (Å²) < 4.78 is 6.79. The molecule has 0 spiro atoms. The first-order chi connectivity index (χ1) is 7.65. The molecule has 1 aliphatic rings. The Morgan fingerprint density at radius 1 is 1.56 bits per heavy atom. The summed E-state index contributed by atoms with van der Waals surface area (Å²) in [5, 5.41) is 3.57. The van der Waals surface area contributed by atoms with E-state index >= 15 is 0 Å². The van der Waals surface area contributed by atoms with Crippen LogP contribution in [-0.2, 0) is 4.74 Å². The molecule has 2 nitrogen and oxygen atoms in total. The molecule has 0 aliphatic heterocycles. The molecule has 4 heteroatoms. The molecular formula is C12H18BrNOS. The van der Waals surface area contributed by atoms with Crippen LogP contribution in [0.4, 0.5) is 0 Å². The smallest absolute Gasteiger partial charge is 0.0802 e. The molecule has 1 saturated carbocycles. The largest absolute Gasteiger partial charge is 0.377 e. The van der Waals surface area contributed by atoms with Gasteiger partial charge in [0.15, 0.2) is 0 Å². The maximum absolute atomic E-state index is 5.60. The van der Waals surface area contributed by atoms with Gasteiger partial charge in [-0.2, -0.15) is 0 Å². The van der Waals surface area contributed by atoms with Crippen LogP contribution >= 0.6 is 27.3 Å². The number of thiophene rings is 1. The van der Waals surface area contributed by atoms with E-state index in [1.54, 1.807) is 11.3 Å². The second-order valence-corrected chi connectivity index (χ2v) is 6.98. The molecule has 1 N–H and O–H groups in total. The Kier molecular flexibility index (Phi) is 4.06. The Hall–Kier alpha value is 0.1000. The van der Waals surface area contributed by atoms with Crippen molar-refractivity contribution in [2.24, 2.45) is 0 Å². The van der Waals surface area contributed by atoms with Gasteiger partial charge in [-0.1, -0.05) is 0 Å². The molecule has 2 rings (SSSR count). The van der Waals surface area contributed by atoms with Crippen LogP contribution in [0.3, 0.4) is 0 Å². The number of hydrogen-bond donors (Lipinski definition) is 1. The molecule has 1 aliphatic carbocycles. The van der Waals surface area contributed by atoms with E-state index in [4.69, 9.17) is 4.74 Å². The minimum atomic E-state index is 0.114. The van der Waals surface area contributed by atoms with E-state index in [9.17, 15) is 0 Å². The second-order valence-electron chi connectivity index (χ2n) is 4.49. The normalized spacial score (nSPS) is 20.4. The van der Waals surface area contributed by atoms with Gasteiger partial charge in [0.25, 0.3) is 0 Å². The highest BCUT2D eigenvalue weighted by molar-refractivity contribution is 9.11. The van der Waals surface area contributed by atoms with Crippen molar-refractivity contribution in [2.45, 2.75) is 37.8 Å². The summed E-state index contributed by atoms with van der Waals surface area (Å²) in [6.07, 6.45) is 3.68. The van der Waals surface area contributed by atoms with Gasteiger partial charge < -0.3 is 10.1 Å². The average Bonchev–Trinajstić information content (AvgIpc) is 2.64. The van der Waals surface area contributed by atoms with E-state index in [1.807, 2.05) is 7.11 Å². The van der Waals surface area contributed by atoms with Gasteiger partial charge >= 0.3 is 0 Å². The van der Waals surface area contributed by atoms with Gasteiger partial charge in [0.1, 0.15) is 0 Å². The van der Waals surface area contributed by atoms with Gasteiger partial charge in [-0.05, 0) is 54.2 Å². The molecule has 0 aromatic carbocycles. The third-order valence-corrected chi connectivity index (χ3v) is 5.26. The summed E-state index contributed by atoms with van der Waals surface area (Å²) in [4.78, 5) is 1.37. The first-order valence-electron chi connectivity index (χ1n) is 5.69. The fourth-order valence-electron chi connectivity index (χ4n) is 2.02. The first-order valence-corrected chi connectivity index (χ1v) is 7.30. The maximum Gasteiger partial charge on any atom is 0.0802 e. The van der Waals surface area contributed by atoms with Gasteiger partial charge in [0.2, 0.25) is 0 Å².